The van der Waals surface area contributed by atoms with Crippen LogP contribution in [0.15, 0.2) is 0 Å². The van der Waals surface area contributed by atoms with Crippen LogP contribution in [-0.4, -0.2) is 13.6 Å². The Morgan fingerprint density at radius 2 is 1.83 bits per heavy atom. The number of thiol groups is 2. The molecule has 0 aromatic carbocycles. The topological polar surface area (TPSA) is 26.3 Å². The van der Waals surface area contributed by atoms with Crippen molar-refractivity contribution >= 4 is 29.8 Å². The van der Waals surface area contributed by atoms with Gasteiger partial charge >= 0.3 is 0 Å². The molecular formula is C2H6O2S2. The smallest absolute Gasteiger partial charge is 0.292 e. The highest BCUT2D eigenvalue weighted by atomic mass is 33.1. The molecule has 0 heterocycles. The van der Waals surface area contributed by atoms with Gasteiger partial charge < -0.3 is 4.74 Å². The molecule has 0 spiro atoms. The molecule has 6 heavy (non-hydrogen) atoms. The lowest BCUT2D eigenvalue weighted by Crippen LogP contribution is -1.68. The number of carbonyl (C=O) groups is 1. The molecule has 0 bridgehead atoms. The van der Waals surface area contributed by atoms with E-state index in [1.165, 1.54) is 7.11 Å². The van der Waals surface area contributed by atoms with Gasteiger partial charge in [-0.2, -0.15) is 0 Å². The third-order valence-corrected chi connectivity index (χ3v) is 0.0962. The van der Waals surface area contributed by atoms with Crippen LogP contribution in [0, 0.1) is 0 Å². The van der Waals surface area contributed by atoms with E-state index in [1.807, 2.05) is 0 Å². The molecule has 38 valence electrons. The van der Waals surface area contributed by atoms with Gasteiger partial charge in [-0.1, -0.05) is 0 Å². The average Bonchev–Trinajstić information content (AvgIpc) is 1.72. The van der Waals surface area contributed by atoms with Gasteiger partial charge in [0.05, 0.1) is 7.11 Å². The lowest BCUT2D eigenvalue weighted by Gasteiger charge is -1.67. The second kappa shape index (κ2) is 19.1. The maximum absolute atomic E-state index is 8.95. The van der Waals surface area contributed by atoms with Crippen LogP contribution in [0.3, 0.4) is 0 Å². The number of hydrogen-bond acceptors (Lipinski definition) is 4. The second-order valence-electron chi connectivity index (χ2n) is 0.332. The Morgan fingerprint density at radius 1 is 1.67 bits per heavy atom. The first-order valence-corrected chi connectivity index (χ1v) is 2.68. The number of hydrogen-bond donors (Lipinski definition) is 2. The van der Waals surface area contributed by atoms with Gasteiger partial charge in [-0.15, -0.1) is 23.3 Å². The maximum atomic E-state index is 8.95. The molecule has 0 radical (unpaired) electrons. The molecule has 0 aromatic rings. The van der Waals surface area contributed by atoms with Crippen LogP contribution in [0.2, 0.25) is 0 Å². The van der Waals surface area contributed by atoms with Crippen LogP contribution >= 0.6 is 23.3 Å². The van der Waals surface area contributed by atoms with Gasteiger partial charge in [0.2, 0.25) is 0 Å². The summed E-state index contributed by atoms with van der Waals surface area (Å²) < 4.78 is 3.86. The molecule has 0 aliphatic carbocycles. The molecule has 0 saturated heterocycles. The fourth-order valence-electron chi connectivity index (χ4n) is 0. The Kier molecular flexibility index (Phi) is 30.2. The molecule has 0 aliphatic rings. The average molecular weight is 126 g/mol. The normalized spacial score (nSPS) is 4.50. The van der Waals surface area contributed by atoms with Gasteiger partial charge in [-0.05, 0) is 0 Å². The van der Waals surface area contributed by atoms with Crippen LogP contribution in [0.4, 0.5) is 0 Å². The number of carbonyl (C=O) groups excluding carboxylic acids is 1. The summed E-state index contributed by atoms with van der Waals surface area (Å²) in [6.07, 6.45) is 0. The van der Waals surface area contributed by atoms with E-state index in [-0.39, 0.29) is 0 Å². The number of rotatable bonds is 1. The lowest BCUT2D eigenvalue weighted by molar-refractivity contribution is -0.126. The van der Waals surface area contributed by atoms with Crippen LogP contribution in [0.25, 0.3) is 0 Å². The minimum absolute atomic E-state index is 0.375. The lowest BCUT2D eigenvalue weighted by atomic mass is 11.5. The largest absolute Gasteiger partial charge is 0.471 e. The van der Waals surface area contributed by atoms with E-state index in [0.717, 1.165) is 0 Å². The summed E-state index contributed by atoms with van der Waals surface area (Å²) in [5.41, 5.74) is 0. The Morgan fingerprint density at radius 3 is 1.83 bits per heavy atom. The molecule has 0 aromatic heterocycles. The number of ether oxygens (including phenoxy) is 1. The molecule has 2 nitrogen and oxygen atoms in total. The highest BCUT2D eigenvalue weighted by Gasteiger charge is 1.44. The third-order valence-electron chi connectivity index (χ3n) is 0.0962. The van der Waals surface area contributed by atoms with Gasteiger partial charge in [0.15, 0.2) is 0 Å². The second-order valence-corrected chi connectivity index (χ2v) is 0.332. The highest BCUT2D eigenvalue weighted by molar-refractivity contribution is 8.59. The highest BCUT2D eigenvalue weighted by Crippen LogP contribution is 1.65. The molecule has 0 atom stereocenters. The van der Waals surface area contributed by atoms with Crippen molar-refractivity contribution in [3.8, 4) is 0 Å². The first kappa shape index (κ1) is 9.48. The van der Waals surface area contributed by atoms with Crippen molar-refractivity contribution in [1.29, 1.82) is 0 Å². The van der Waals surface area contributed by atoms with Gasteiger partial charge in [0.1, 0.15) is 0 Å². The first-order valence-electron chi connectivity index (χ1n) is 1.08. The predicted molar refractivity (Wildman–Crippen MR) is 31.0 cm³/mol. The monoisotopic (exact) mass is 126 g/mol. The molecule has 0 N–H and O–H groups in total. The summed E-state index contributed by atoms with van der Waals surface area (Å²) in [5.74, 6) is 0. The molecule has 0 fully saturated rings. The van der Waals surface area contributed by atoms with Gasteiger partial charge in [-0.25, -0.2) is 0 Å². The van der Waals surface area contributed by atoms with Gasteiger partial charge in [0, 0.05) is 0 Å². The van der Waals surface area contributed by atoms with Crippen molar-refractivity contribution in [2.45, 2.75) is 0 Å². The summed E-state index contributed by atoms with van der Waals surface area (Å²) in [6, 6.07) is 0. The quantitative estimate of drug-likeness (QED) is 0.305. The summed E-state index contributed by atoms with van der Waals surface area (Å²) >= 11 is 6.44. The molecule has 0 aliphatic heterocycles. The molecule has 0 unspecified atom stereocenters. The Bertz CT molecular complexity index is 23.5. The van der Waals surface area contributed by atoms with Crippen molar-refractivity contribution in [2.75, 3.05) is 7.11 Å². The van der Waals surface area contributed by atoms with E-state index in [0.29, 0.717) is 6.47 Å². The summed E-state index contributed by atoms with van der Waals surface area (Å²) in [6.45, 7) is 0.375. The van der Waals surface area contributed by atoms with Crippen molar-refractivity contribution in [2.24, 2.45) is 0 Å². The Labute approximate surface area is 47.1 Å². The van der Waals surface area contributed by atoms with Crippen molar-refractivity contribution in [3.05, 3.63) is 0 Å². The minimum atomic E-state index is 0.375. The predicted octanol–water partition coefficient (Wildman–Crippen LogP) is 0.550. The molecule has 0 saturated carbocycles. The molecular weight excluding hydrogens is 120 g/mol. The van der Waals surface area contributed by atoms with Gasteiger partial charge in [0.25, 0.3) is 6.47 Å². The van der Waals surface area contributed by atoms with E-state index < -0.39 is 0 Å². The zero-order chi connectivity index (χ0) is 5.41. The number of methoxy groups -OCH3 is 1. The van der Waals surface area contributed by atoms with E-state index >= 15 is 0 Å². The van der Waals surface area contributed by atoms with Crippen molar-refractivity contribution < 1.29 is 9.53 Å². The van der Waals surface area contributed by atoms with Crippen molar-refractivity contribution in [1.82, 2.24) is 0 Å². The van der Waals surface area contributed by atoms with Crippen LogP contribution in [0.5, 0.6) is 0 Å². The van der Waals surface area contributed by atoms with E-state index in [2.05, 4.69) is 28.1 Å². The Balaban J connectivity index is 0. The molecule has 0 rings (SSSR count). The summed E-state index contributed by atoms with van der Waals surface area (Å²) in [5, 5.41) is 0. The van der Waals surface area contributed by atoms with Crippen molar-refractivity contribution in [3.63, 3.8) is 0 Å². The van der Waals surface area contributed by atoms with E-state index in [9.17, 15) is 0 Å². The molecule has 0 amide bonds. The van der Waals surface area contributed by atoms with Gasteiger partial charge in [-0.3, -0.25) is 4.79 Å². The fraction of sp³-hybridized carbons (Fsp3) is 0.500. The zero-order valence-corrected chi connectivity index (χ0v) is 5.08. The SMILES string of the molecule is COC=O.SS. The third kappa shape index (κ3) is 30.6. The van der Waals surface area contributed by atoms with E-state index in [4.69, 9.17) is 4.79 Å². The minimum Gasteiger partial charge on any atom is -0.471 e. The molecule has 4 heteroatoms. The zero-order valence-electron chi connectivity index (χ0n) is 3.29. The van der Waals surface area contributed by atoms with Crippen LogP contribution in [0.1, 0.15) is 0 Å². The summed E-state index contributed by atoms with van der Waals surface area (Å²) in [4.78, 5) is 8.95. The van der Waals surface area contributed by atoms with Crippen LogP contribution in [-0.2, 0) is 9.53 Å². The standard InChI is InChI=1S/C2H4O2.H2S2/c1-4-2-3;1-2/h2H,1H3;1-2H. The van der Waals surface area contributed by atoms with E-state index in [1.54, 1.807) is 0 Å². The summed E-state index contributed by atoms with van der Waals surface area (Å²) in [7, 11) is 1.31. The first-order chi connectivity index (χ1) is 2.91. The fourth-order valence-corrected chi connectivity index (χ4v) is 0. The van der Waals surface area contributed by atoms with Crippen LogP contribution < -0.4 is 0 Å². The maximum Gasteiger partial charge on any atom is 0.292 e. The Hall–Kier alpha value is 0.170.